The van der Waals surface area contributed by atoms with E-state index in [1.807, 2.05) is 36.6 Å². The number of para-hydroxylation sites is 2. The van der Waals surface area contributed by atoms with Gasteiger partial charge in [0.25, 0.3) is 0 Å². The molecule has 1 aromatic carbocycles. The minimum absolute atomic E-state index is 0.577. The summed E-state index contributed by atoms with van der Waals surface area (Å²) in [7, 11) is 0. The number of nitrogen functional groups attached to an aromatic ring is 1. The number of aromatic nitrogens is 4. The molecule has 5 nitrogen and oxygen atoms in total. The largest absolute Gasteiger partial charge is 0.383 e. The molecule has 2 heterocycles. The maximum Gasteiger partial charge on any atom is 0.231 e. The Bertz CT molecular complexity index is 636. The molecule has 0 atom stereocenters. The lowest BCUT2D eigenvalue weighted by molar-refractivity contribution is 0.804. The van der Waals surface area contributed by atoms with Gasteiger partial charge < -0.3 is 10.7 Å². The third-order valence-electron chi connectivity index (χ3n) is 2.50. The van der Waals surface area contributed by atoms with Crippen molar-refractivity contribution in [3.8, 4) is 5.95 Å². The Hall–Kier alpha value is -1.95. The highest BCUT2D eigenvalue weighted by atomic mass is 32.2. The maximum absolute atomic E-state index is 5.90. The lowest BCUT2D eigenvalue weighted by Crippen LogP contribution is -2.03. The van der Waals surface area contributed by atoms with Crippen LogP contribution in [0.3, 0.4) is 0 Å². The van der Waals surface area contributed by atoms with E-state index >= 15 is 0 Å². The first-order valence-electron chi connectivity index (χ1n) is 5.12. The first-order chi connectivity index (χ1) is 8.28. The van der Waals surface area contributed by atoms with Crippen molar-refractivity contribution in [2.24, 2.45) is 0 Å². The summed E-state index contributed by atoms with van der Waals surface area (Å²) in [6.07, 6.45) is 1.96. The number of thioether (sulfide) groups is 1. The number of benzene rings is 1. The quantitative estimate of drug-likeness (QED) is 0.678. The van der Waals surface area contributed by atoms with Crippen LogP contribution in [-0.2, 0) is 0 Å². The van der Waals surface area contributed by atoms with Crippen molar-refractivity contribution < 1.29 is 0 Å². The number of fused-ring (bicyclic) bond motifs is 1. The molecule has 3 aromatic rings. The average Bonchev–Trinajstić information content (AvgIpc) is 2.91. The Morgan fingerprint density at radius 1 is 1.35 bits per heavy atom. The second-order valence-electron chi connectivity index (χ2n) is 3.60. The van der Waals surface area contributed by atoms with E-state index in [0.29, 0.717) is 11.8 Å². The first-order valence-corrected chi connectivity index (χ1v) is 6.35. The molecule has 3 rings (SSSR count). The SMILES string of the molecule is CSc1cc(N)n(-c2nc3ccccc3[nH]2)n1. The van der Waals surface area contributed by atoms with Crippen molar-refractivity contribution in [1.29, 1.82) is 0 Å². The molecule has 0 aliphatic rings. The minimum atomic E-state index is 0.577. The van der Waals surface area contributed by atoms with Crippen molar-refractivity contribution >= 4 is 28.6 Å². The smallest absolute Gasteiger partial charge is 0.231 e. The van der Waals surface area contributed by atoms with Crippen LogP contribution in [0, 0.1) is 0 Å². The highest BCUT2D eigenvalue weighted by Crippen LogP contribution is 2.20. The fourth-order valence-corrected chi connectivity index (χ4v) is 2.08. The van der Waals surface area contributed by atoms with E-state index in [-0.39, 0.29) is 0 Å². The van der Waals surface area contributed by atoms with Gasteiger partial charge in [-0.3, -0.25) is 0 Å². The summed E-state index contributed by atoms with van der Waals surface area (Å²) in [5.41, 5.74) is 7.78. The van der Waals surface area contributed by atoms with Gasteiger partial charge in [-0.15, -0.1) is 11.8 Å². The second kappa shape index (κ2) is 3.81. The molecule has 0 bridgehead atoms. The lowest BCUT2D eigenvalue weighted by Gasteiger charge is -1.96. The van der Waals surface area contributed by atoms with Gasteiger partial charge in [-0.25, -0.2) is 4.98 Å². The standard InChI is InChI=1S/C11H11N5S/c1-17-10-6-9(12)16(15-10)11-13-7-4-2-3-5-8(7)14-11/h2-6H,12H2,1H3,(H,13,14). The number of nitrogens with zero attached hydrogens (tertiary/aromatic N) is 3. The maximum atomic E-state index is 5.90. The molecule has 0 unspecified atom stereocenters. The Kier molecular flexibility index (Phi) is 2.29. The van der Waals surface area contributed by atoms with Gasteiger partial charge in [0.1, 0.15) is 10.8 Å². The highest BCUT2D eigenvalue weighted by molar-refractivity contribution is 7.98. The van der Waals surface area contributed by atoms with Crippen LogP contribution >= 0.6 is 11.8 Å². The van der Waals surface area contributed by atoms with E-state index in [1.54, 1.807) is 16.4 Å². The molecule has 0 amide bonds. The Labute approximate surface area is 102 Å². The number of imidazole rings is 1. The molecule has 0 saturated heterocycles. The van der Waals surface area contributed by atoms with Gasteiger partial charge in [0.15, 0.2) is 0 Å². The number of hydrogen-bond acceptors (Lipinski definition) is 4. The van der Waals surface area contributed by atoms with Crippen molar-refractivity contribution in [3.63, 3.8) is 0 Å². The van der Waals surface area contributed by atoms with Crippen molar-refractivity contribution in [3.05, 3.63) is 30.3 Å². The molecular formula is C11H11N5S. The molecule has 2 aromatic heterocycles. The van der Waals surface area contributed by atoms with Gasteiger partial charge in [0.05, 0.1) is 11.0 Å². The second-order valence-corrected chi connectivity index (χ2v) is 4.43. The zero-order valence-corrected chi connectivity index (χ0v) is 10.0. The van der Waals surface area contributed by atoms with Gasteiger partial charge >= 0.3 is 0 Å². The summed E-state index contributed by atoms with van der Waals surface area (Å²) in [4.78, 5) is 7.64. The summed E-state index contributed by atoms with van der Waals surface area (Å²) >= 11 is 1.55. The summed E-state index contributed by atoms with van der Waals surface area (Å²) in [5, 5.41) is 5.23. The molecule has 6 heteroatoms. The monoisotopic (exact) mass is 245 g/mol. The van der Waals surface area contributed by atoms with Crippen LogP contribution in [0.1, 0.15) is 0 Å². The van der Waals surface area contributed by atoms with Crippen LogP contribution in [0.15, 0.2) is 35.4 Å². The third kappa shape index (κ3) is 1.66. The molecule has 0 radical (unpaired) electrons. The number of aromatic amines is 1. The lowest BCUT2D eigenvalue weighted by atomic mass is 10.3. The summed E-state index contributed by atoms with van der Waals surface area (Å²) in [6, 6.07) is 9.67. The third-order valence-corrected chi connectivity index (χ3v) is 3.12. The normalized spacial score (nSPS) is 11.1. The molecule has 86 valence electrons. The number of nitrogens with two attached hydrogens (primary N) is 1. The Morgan fingerprint density at radius 3 is 2.88 bits per heavy atom. The Balaban J connectivity index is 2.16. The van der Waals surface area contributed by atoms with Crippen LogP contribution in [0.25, 0.3) is 17.0 Å². The van der Waals surface area contributed by atoms with Crippen LogP contribution < -0.4 is 5.73 Å². The fourth-order valence-electron chi connectivity index (χ4n) is 1.68. The van der Waals surface area contributed by atoms with Crippen molar-refractivity contribution in [2.45, 2.75) is 5.03 Å². The molecule has 3 N–H and O–H groups in total. The van der Waals surface area contributed by atoms with Crippen LogP contribution in [0.5, 0.6) is 0 Å². The molecule has 0 spiro atoms. The summed E-state index contributed by atoms with van der Waals surface area (Å²) < 4.78 is 1.62. The fraction of sp³-hybridized carbons (Fsp3) is 0.0909. The minimum Gasteiger partial charge on any atom is -0.383 e. The van der Waals surface area contributed by atoms with E-state index in [4.69, 9.17) is 5.73 Å². The number of rotatable bonds is 2. The summed E-state index contributed by atoms with van der Waals surface area (Å²) in [6.45, 7) is 0. The van der Waals surface area contributed by atoms with E-state index in [9.17, 15) is 0 Å². The molecule has 0 saturated carbocycles. The molecule has 0 aliphatic heterocycles. The molecular weight excluding hydrogens is 234 g/mol. The van der Waals surface area contributed by atoms with Crippen LogP contribution in [0.2, 0.25) is 0 Å². The first kappa shape index (κ1) is 10.2. The van der Waals surface area contributed by atoms with Crippen molar-refractivity contribution in [1.82, 2.24) is 19.7 Å². The molecule has 0 fully saturated rings. The topological polar surface area (TPSA) is 72.5 Å². The highest BCUT2D eigenvalue weighted by Gasteiger charge is 2.10. The number of H-pyrrole nitrogens is 1. The predicted molar refractivity (Wildman–Crippen MR) is 69.4 cm³/mol. The van der Waals surface area contributed by atoms with Gasteiger partial charge in [-0.2, -0.15) is 9.78 Å². The van der Waals surface area contributed by atoms with E-state index < -0.39 is 0 Å². The van der Waals surface area contributed by atoms with Crippen LogP contribution in [-0.4, -0.2) is 26.0 Å². The van der Waals surface area contributed by atoms with E-state index in [0.717, 1.165) is 16.1 Å². The van der Waals surface area contributed by atoms with Gasteiger partial charge in [0, 0.05) is 6.07 Å². The number of anilines is 1. The molecule has 17 heavy (non-hydrogen) atoms. The van der Waals surface area contributed by atoms with Gasteiger partial charge in [0.2, 0.25) is 5.95 Å². The summed E-state index contributed by atoms with van der Waals surface area (Å²) in [5.74, 6) is 1.22. The van der Waals surface area contributed by atoms with Gasteiger partial charge in [-0.05, 0) is 18.4 Å². The number of nitrogens with one attached hydrogen (secondary N) is 1. The zero-order valence-electron chi connectivity index (χ0n) is 9.21. The number of hydrogen-bond donors (Lipinski definition) is 2. The van der Waals surface area contributed by atoms with Gasteiger partial charge in [-0.1, -0.05) is 12.1 Å². The molecule has 0 aliphatic carbocycles. The van der Waals surface area contributed by atoms with E-state index in [2.05, 4.69) is 15.1 Å². The zero-order chi connectivity index (χ0) is 11.8. The predicted octanol–water partition coefficient (Wildman–Crippen LogP) is 2.05. The average molecular weight is 245 g/mol. The van der Waals surface area contributed by atoms with E-state index in [1.165, 1.54) is 0 Å². The Morgan fingerprint density at radius 2 is 2.18 bits per heavy atom. The van der Waals surface area contributed by atoms with Crippen molar-refractivity contribution in [2.75, 3.05) is 12.0 Å². The van der Waals surface area contributed by atoms with Crippen LogP contribution in [0.4, 0.5) is 5.82 Å².